The number of halogens is 3. The first-order chi connectivity index (χ1) is 13.4. The number of carbonyl (C=O) groups excluding carboxylic acids is 1. The van der Waals surface area contributed by atoms with E-state index in [1.807, 2.05) is 38.3 Å². The van der Waals surface area contributed by atoms with Gasteiger partial charge in [0.05, 0.1) is 0 Å². The molecule has 0 aliphatic heterocycles. The predicted octanol–water partition coefficient (Wildman–Crippen LogP) is 4.73. The number of nitrogens with one attached hydrogen (secondary N) is 1. The van der Waals surface area contributed by atoms with Gasteiger partial charge in [0, 0.05) is 0 Å². The van der Waals surface area contributed by atoms with Gasteiger partial charge in [-0.05, 0) is 0 Å². The van der Waals surface area contributed by atoms with Crippen LogP contribution in [0.5, 0.6) is 0 Å². The molecule has 2 aromatic carbocycles. The number of benzene rings is 2. The molecule has 1 aromatic heterocycles. The predicted molar refractivity (Wildman–Crippen MR) is 107 cm³/mol. The van der Waals surface area contributed by atoms with E-state index in [1.165, 1.54) is 12.1 Å². The van der Waals surface area contributed by atoms with Crippen molar-refractivity contribution in [3.05, 3.63) is 65.5 Å². The van der Waals surface area contributed by atoms with Crippen molar-refractivity contribution in [3.63, 3.8) is 0 Å². The van der Waals surface area contributed by atoms with Crippen molar-refractivity contribution in [2.75, 3.05) is 0 Å². The molecule has 1 N–H and O–H groups in total. The fourth-order valence-corrected chi connectivity index (χ4v) is 2.96. The third-order valence-electron chi connectivity index (χ3n) is 4.32. The van der Waals surface area contributed by atoms with Crippen molar-refractivity contribution in [3.8, 4) is 16.8 Å². The molecule has 1 heterocycles. The van der Waals surface area contributed by atoms with E-state index in [1.54, 1.807) is 25.3 Å². The summed E-state index contributed by atoms with van der Waals surface area (Å²) in [6, 6.07) is 10.1. The Bertz CT molecular complexity index is 1030. The summed E-state index contributed by atoms with van der Waals surface area (Å²) in [7, 11) is 1.65. The van der Waals surface area contributed by atoms with Crippen LogP contribution < -0.4 is 5.32 Å². The van der Waals surface area contributed by atoms with Gasteiger partial charge in [0.2, 0.25) is 0 Å². The molecule has 8 heteroatoms. The van der Waals surface area contributed by atoms with Crippen molar-refractivity contribution in [2.24, 2.45) is 0 Å². The summed E-state index contributed by atoms with van der Waals surface area (Å²) in [5, 5.41) is 2.92. The SMILES string of the molecule is Cc1nbcn1-c1cc(C(=O)NC(C)(C)C)cc(-c2ccc(C(F)(F)F)cc2)c1. The summed E-state index contributed by atoms with van der Waals surface area (Å²) in [5.74, 6) is 0.474. The first-order valence-corrected chi connectivity index (χ1v) is 9.10. The van der Waals surface area contributed by atoms with Gasteiger partial charge >= 0.3 is 167 Å². The molecule has 1 amide bonds. The Morgan fingerprint density at radius 2 is 1.69 bits per heavy atom. The number of nitrogens with zero attached hydrogens (tertiary/aromatic N) is 2. The third kappa shape index (κ3) is 4.94. The second kappa shape index (κ2) is 7.50. The van der Waals surface area contributed by atoms with E-state index in [0.717, 1.165) is 18.0 Å². The minimum atomic E-state index is -4.40. The van der Waals surface area contributed by atoms with Gasteiger partial charge in [0.15, 0.2) is 0 Å². The standard InChI is InChI=1S/C21H21BF3N3O/c1-13-27-22-12-28(13)18-10-15(9-16(11-18)19(29)26-20(2,3)4)14-5-7-17(8-6-14)21(23,24)25/h5-12H,1-4H3,(H,26,29). The minimum absolute atomic E-state index is 0.259. The summed E-state index contributed by atoms with van der Waals surface area (Å²) in [4.78, 5) is 17.0. The maximum absolute atomic E-state index is 12.9. The molecule has 3 aromatic rings. The Labute approximate surface area is 168 Å². The number of rotatable bonds is 3. The molecule has 0 aliphatic carbocycles. The van der Waals surface area contributed by atoms with Crippen LogP contribution in [0, 0.1) is 6.92 Å². The molecule has 0 spiro atoms. The van der Waals surface area contributed by atoms with Crippen LogP contribution in [0.2, 0.25) is 0 Å². The zero-order valence-electron chi connectivity index (χ0n) is 16.6. The molecule has 0 bridgehead atoms. The summed E-state index contributed by atoms with van der Waals surface area (Å²) >= 11 is 0. The normalized spacial score (nSPS) is 12.0. The summed E-state index contributed by atoms with van der Waals surface area (Å²) in [5.41, 5.74) is 1.21. The number of aryl methyl sites for hydroxylation is 1. The number of alkyl halides is 3. The van der Waals surface area contributed by atoms with Crippen LogP contribution in [0.1, 0.15) is 42.5 Å². The van der Waals surface area contributed by atoms with E-state index < -0.39 is 17.3 Å². The zero-order chi connectivity index (χ0) is 21.4. The van der Waals surface area contributed by atoms with Gasteiger partial charge in [-0.2, -0.15) is 0 Å². The van der Waals surface area contributed by atoms with Gasteiger partial charge in [0.1, 0.15) is 0 Å². The van der Waals surface area contributed by atoms with Crippen molar-refractivity contribution >= 4 is 13.0 Å². The second-order valence-corrected chi connectivity index (χ2v) is 7.89. The van der Waals surface area contributed by atoms with Gasteiger partial charge in [-0.1, -0.05) is 0 Å². The zero-order valence-corrected chi connectivity index (χ0v) is 16.6. The third-order valence-corrected chi connectivity index (χ3v) is 4.32. The molecular weight excluding hydrogens is 378 g/mol. The van der Waals surface area contributed by atoms with Crippen LogP contribution in [-0.2, 0) is 6.18 Å². The Balaban J connectivity index is 2.10. The van der Waals surface area contributed by atoms with Gasteiger partial charge in [-0.3, -0.25) is 0 Å². The Kier molecular flexibility index (Phi) is 5.39. The van der Waals surface area contributed by atoms with Crippen LogP contribution in [-0.4, -0.2) is 28.0 Å². The fraction of sp³-hybridized carbons (Fsp3) is 0.286. The Morgan fingerprint density at radius 3 is 2.21 bits per heavy atom. The molecule has 0 fully saturated rings. The molecule has 0 saturated heterocycles. The van der Waals surface area contributed by atoms with Crippen LogP contribution in [0.3, 0.4) is 0 Å². The average molecular weight is 399 g/mol. The molecule has 0 saturated carbocycles. The van der Waals surface area contributed by atoms with Crippen molar-refractivity contribution in [2.45, 2.75) is 39.4 Å². The van der Waals surface area contributed by atoms with Crippen molar-refractivity contribution in [1.82, 2.24) is 14.8 Å². The van der Waals surface area contributed by atoms with E-state index in [4.69, 9.17) is 0 Å². The molecule has 0 atom stereocenters. The molecule has 29 heavy (non-hydrogen) atoms. The Morgan fingerprint density at radius 1 is 1.03 bits per heavy atom. The first-order valence-electron chi connectivity index (χ1n) is 9.10. The van der Waals surface area contributed by atoms with Crippen LogP contribution >= 0.6 is 0 Å². The number of aromatic nitrogens is 2. The van der Waals surface area contributed by atoms with Gasteiger partial charge in [0.25, 0.3) is 0 Å². The monoisotopic (exact) mass is 399 g/mol. The number of hydrogen-bond donors (Lipinski definition) is 1. The molecule has 150 valence electrons. The van der Waals surface area contributed by atoms with Gasteiger partial charge in [-0.25, -0.2) is 0 Å². The topological polar surface area (TPSA) is 46.9 Å². The molecule has 0 unspecified atom stereocenters. The van der Waals surface area contributed by atoms with E-state index in [2.05, 4.69) is 10.2 Å². The quantitative estimate of drug-likeness (QED) is 0.692. The van der Waals surface area contributed by atoms with E-state index in [9.17, 15) is 18.0 Å². The number of hydrogen-bond acceptors (Lipinski definition) is 2. The summed E-state index contributed by atoms with van der Waals surface area (Å²) in [6.07, 6.45) is -2.63. The number of carbonyl (C=O) groups is 1. The average Bonchev–Trinajstić information content (AvgIpc) is 3.05. The molecule has 4 nitrogen and oxygen atoms in total. The molecule has 0 radical (unpaired) electrons. The van der Waals surface area contributed by atoms with Crippen LogP contribution in [0.25, 0.3) is 16.8 Å². The van der Waals surface area contributed by atoms with Crippen LogP contribution in [0.4, 0.5) is 13.2 Å². The van der Waals surface area contributed by atoms with Gasteiger partial charge < -0.3 is 0 Å². The van der Waals surface area contributed by atoms with Crippen molar-refractivity contribution in [1.29, 1.82) is 0 Å². The molecule has 3 rings (SSSR count). The summed E-state index contributed by atoms with van der Waals surface area (Å²) < 4.78 is 40.5. The fourth-order valence-electron chi connectivity index (χ4n) is 2.96. The maximum atomic E-state index is 12.9. The molecular formula is C21H21BF3N3O. The first kappa shape index (κ1) is 20.8. The molecule has 0 aliphatic rings. The Hall–Kier alpha value is -2.90. The van der Waals surface area contributed by atoms with E-state index >= 15 is 0 Å². The number of amides is 1. The van der Waals surface area contributed by atoms with Crippen LogP contribution in [0.15, 0.2) is 48.6 Å². The summed E-state index contributed by atoms with van der Waals surface area (Å²) in [6.45, 7) is 7.47. The second-order valence-electron chi connectivity index (χ2n) is 7.89. The van der Waals surface area contributed by atoms with Crippen molar-refractivity contribution < 1.29 is 18.0 Å². The van der Waals surface area contributed by atoms with E-state index in [0.29, 0.717) is 22.4 Å². The van der Waals surface area contributed by atoms with Gasteiger partial charge in [-0.15, -0.1) is 0 Å². The van der Waals surface area contributed by atoms with E-state index in [-0.39, 0.29) is 5.91 Å².